The van der Waals surface area contributed by atoms with E-state index in [-0.39, 0.29) is 17.1 Å². The topological polar surface area (TPSA) is 71.1 Å². The number of halogens is 3. The quantitative estimate of drug-likeness (QED) is 0.587. The van der Waals surface area contributed by atoms with Crippen LogP contribution in [0, 0.1) is 0 Å². The summed E-state index contributed by atoms with van der Waals surface area (Å²) < 4.78 is 77.3. The summed E-state index contributed by atoms with van der Waals surface area (Å²) in [5.74, 6) is 0.471. The van der Waals surface area contributed by atoms with E-state index in [1.165, 1.54) is 33.5 Å². The molecular weight excluding hydrogens is 317 g/mol. The molecule has 0 fully saturated rings. The Kier molecular flexibility index (Phi) is 5.29. The molecule has 0 radical (unpaired) electrons. The van der Waals surface area contributed by atoms with Crippen molar-refractivity contribution in [3.8, 4) is 17.2 Å². The molecule has 0 aliphatic rings. The van der Waals surface area contributed by atoms with Crippen molar-refractivity contribution < 1.29 is 40.0 Å². The summed E-state index contributed by atoms with van der Waals surface area (Å²) >= 11 is 0. The zero-order valence-corrected chi connectivity index (χ0v) is 12.2. The van der Waals surface area contributed by atoms with Gasteiger partial charge in [-0.2, -0.15) is 21.6 Å². The van der Waals surface area contributed by atoms with Crippen LogP contribution in [-0.4, -0.2) is 35.3 Å². The number of ether oxygens (including phenoxy) is 3. The van der Waals surface area contributed by atoms with Gasteiger partial charge in [-0.3, -0.25) is 4.18 Å². The lowest BCUT2D eigenvalue weighted by molar-refractivity contribution is -0.0548. The Hall–Kier alpha value is -1.68. The second kappa shape index (κ2) is 6.39. The van der Waals surface area contributed by atoms with Gasteiger partial charge >= 0.3 is 15.6 Å². The van der Waals surface area contributed by atoms with Crippen molar-refractivity contribution in [3.05, 3.63) is 17.7 Å². The van der Waals surface area contributed by atoms with Gasteiger partial charge in [-0.05, 0) is 0 Å². The first-order chi connectivity index (χ1) is 9.66. The van der Waals surface area contributed by atoms with E-state index in [4.69, 9.17) is 14.2 Å². The second-order valence-corrected chi connectivity index (χ2v) is 5.28. The summed E-state index contributed by atoms with van der Waals surface area (Å²) in [5.41, 5.74) is -5.49. The molecule has 0 N–H and O–H groups in total. The minimum absolute atomic E-state index is 0.00799. The van der Waals surface area contributed by atoms with Crippen LogP contribution in [-0.2, 0) is 20.9 Å². The van der Waals surface area contributed by atoms with Gasteiger partial charge in [-0.25, -0.2) is 0 Å². The molecule has 0 spiro atoms. The van der Waals surface area contributed by atoms with Gasteiger partial charge in [0, 0.05) is 12.1 Å². The summed E-state index contributed by atoms with van der Waals surface area (Å²) in [4.78, 5) is 0. The molecule has 21 heavy (non-hydrogen) atoms. The SMILES string of the molecule is COc1cc(OC)c(COS(=O)(=O)C(F)(F)F)c(OC)c1. The van der Waals surface area contributed by atoms with Gasteiger partial charge < -0.3 is 14.2 Å². The lowest BCUT2D eigenvalue weighted by Crippen LogP contribution is -2.25. The van der Waals surface area contributed by atoms with E-state index < -0.39 is 22.2 Å². The van der Waals surface area contributed by atoms with Crippen molar-refractivity contribution in [2.24, 2.45) is 0 Å². The minimum Gasteiger partial charge on any atom is -0.496 e. The van der Waals surface area contributed by atoms with Crippen LogP contribution in [0.2, 0.25) is 0 Å². The lowest BCUT2D eigenvalue weighted by atomic mass is 10.1. The van der Waals surface area contributed by atoms with Crippen molar-refractivity contribution in [1.82, 2.24) is 0 Å². The van der Waals surface area contributed by atoms with Gasteiger partial charge in [0.2, 0.25) is 0 Å². The number of benzene rings is 1. The van der Waals surface area contributed by atoms with Crippen molar-refractivity contribution in [2.75, 3.05) is 21.3 Å². The van der Waals surface area contributed by atoms with Crippen LogP contribution in [0.3, 0.4) is 0 Å². The molecule has 0 aromatic heterocycles. The molecule has 1 aromatic rings. The molecule has 0 unspecified atom stereocenters. The Morgan fingerprint density at radius 2 is 1.48 bits per heavy atom. The van der Waals surface area contributed by atoms with E-state index in [9.17, 15) is 21.6 Å². The summed E-state index contributed by atoms with van der Waals surface area (Å²) in [6.45, 7) is -0.891. The van der Waals surface area contributed by atoms with Gasteiger partial charge in [-0.1, -0.05) is 0 Å². The van der Waals surface area contributed by atoms with Crippen LogP contribution in [0.5, 0.6) is 17.2 Å². The van der Waals surface area contributed by atoms with Gasteiger partial charge in [-0.15, -0.1) is 0 Å². The monoisotopic (exact) mass is 330 g/mol. The summed E-state index contributed by atoms with van der Waals surface area (Å²) in [6.07, 6.45) is 0. The molecule has 6 nitrogen and oxygen atoms in total. The third kappa shape index (κ3) is 3.91. The highest BCUT2D eigenvalue weighted by Gasteiger charge is 2.47. The molecular formula is C11H13F3O6S. The first-order valence-corrected chi connectivity index (χ1v) is 6.81. The average Bonchev–Trinajstić information content (AvgIpc) is 2.42. The van der Waals surface area contributed by atoms with E-state index in [1.54, 1.807) is 0 Å². The number of methoxy groups -OCH3 is 3. The number of alkyl halides is 3. The fourth-order valence-corrected chi connectivity index (χ4v) is 1.83. The fourth-order valence-electron chi connectivity index (χ4n) is 1.42. The second-order valence-electron chi connectivity index (χ2n) is 3.67. The van der Waals surface area contributed by atoms with E-state index in [0.717, 1.165) is 0 Å². The highest BCUT2D eigenvalue weighted by atomic mass is 32.2. The van der Waals surface area contributed by atoms with Crippen LogP contribution in [0.4, 0.5) is 13.2 Å². The molecule has 1 rings (SSSR count). The molecule has 1 aromatic carbocycles. The lowest BCUT2D eigenvalue weighted by Gasteiger charge is -2.15. The van der Waals surface area contributed by atoms with Gasteiger partial charge in [0.15, 0.2) is 0 Å². The first kappa shape index (κ1) is 17.4. The third-order valence-corrected chi connectivity index (χ3v) is 3.45. The molecule has 0 amide bonds. The zero-order chi connectivity index (χ0) is 16.3. The van der Waals surface area contributed by atoms with Crippen molar-refractivity contribution >= 4 is 10.1 Å². The van der Waals surface area contributed by atoms with Crippen LogP contribution in [0.1, 0.15) is 5.56 Å². The normalized spacial score (nSPS) is 12.1. The number of hydrogen-bond donors (Lipinski definition) is 0. The van der Waals surface area contributed by atoms with E-state index in [0.29, 0.717) is 5.75 Å². The molecule has 10 heteroatoms. The molecule has 0 atom stereocenters. The molecule has 0 heterocycles. The number of rotatable bonds is 6. The Morgan fingerprint density at radius 1 is 1.00 bits per heavy atom. The molecule has 0 aliphatic carbocycles. The van der Waals surface area contributed by atoms with Crippen molar-refractivity contribution in [1.29, 1.82) is 0 Å². The molecule has 0 saturated heterocycles. The first-order valence-electron chi connectivity index (χ1n) is 5.41. The molecule has 0 bridgehead atoms. The molecule has 120 valence electrons. The Balaban J connectivity index is 3.14. The summed E-state index contributed by atoms with van der Waals surface area (Å²) in [6, 6.07) is 2.73. The maximum Gasteiger partial charge on any atom is 0.523 e. The number of hydrogen-bond acceptors (Lipinski definition) is 6. The van der Waals surface area contributed by atoms with E-state index in [2.05, 4.69) is 4.18 Å². The zero-order valence-electron chi connectivity index (χ0n) is 11.4. The Labute approximate surface area is 119 Å². The van der Waals surface area contributed by atoms with Crippen molar-refractivity contribution in [2.45, 2.75) is 12.1 Å². The van der Waals surface area contributed by atoms with E-state index in [1.807, 2.05) is 0 Å². The van der Waals surface area contributed by atoms with Gasteiger partial charge in [0.25, 0.3) is 0 Å². The summed E-state index contributed by atoms with van der Waals surface area (Å²) in [7, 11) is -1.81. The van der Waals surface area contributed by atoms with Crippen LogP contribution in [0.25, 0.3) is 0 Å². The van der Waals surface area contributed by atoms with Crippen LogP contribution >= 0.6 is 0 Å². The minimum atomic E-state index is -5.70. The van der Waals surface area contributed by atoms with Crippen LogP contribution < -0.4 is 14.2 Å². The largest absolute Gasteiger partial charge is 0.523 e. The molecule has 0 saturated carbocycles. The third-order valence-electron chi connectivity index (χ3n) is 2.46. The standard InChI is InChI=1S/C11H13F3O6S/c1-17-7-4-9(18-2)8(10(5-7)19-3)6-20-21(15,16)11(12,13)14/h4-5H,6H2,1-3H3. The molecule has 0 aliphatic heterocycles. The maximum absolute atomic E-state index is 12.2. The van der Waals surface area contributed by atoms with Gasteiger partial charge in [0.1, 0.15) is 17.2 Å². The maximum atomic E-state index is 12.2. The smallest absolute Gasteiger partial charge is 0.496 e. The van der Waals surface area contributed by atoms with Crippen molar-refractivity contribution in [3.63, 3.8) is 0 Å². The predicted molar refractivity (Wildman–Crippen MR) is 65.9 cm³/mol. The fraction of sp³-hybridized carbons (Fsp3) is 0.455. The Bertz CT molecular complexity index is 571. The average molecular weight is 330 g/mol. The predicted octanol–water partition coefficient (Wildman–Crippen LogP) is 2.08. The highest BCUT2D eigenvalue weighted by molar-refractivity contribution is 7.87. The van der Waals surface area contributed by atoms with Crippen LogP contribution in [0.15, 0.2) is 12.1 Å². The highest BCUT2D eigenvalue weighted by Crippen LogP contribution is 2.36. The van der Waals surface area contributed by atoms with Gasteiger partial charge in [0.05, 0.1) is 33.5 Å². The van der Waals surface area contributed by atoms with E-state index >= 15 is 0 Å². The summed E-state index contributed by atoms with van der Waals surface area (Å²) in [5, 5.41) is 0. The Morgan fingerprint density at radius 3 is 1.81 bits per heavy atom.